The molecule has 0 unspecified atom stereocenters. The van der Waals surface area contributed by atoms with E-state index in [1.807, 2.05) is 7.11 Å². The van der Waals surface area contributed by atoms with Gasteiger partial charge in [-0.3, -0.25) is 0 Å². The lowest BCUT2D eigenvalue weighted by Gasteiger charge is -2.20. The van der Waals surface area contributed by atoms with Gasteiger partial charge in [-0.05, 0) is 19.3 Å². The fourth-order valence-electron chi connectivity index (χ4n) is 1.50. The number of unbranched alkanes of at least 4 members (excludes halogenated alkanes) is 2. The molecule has 2 atom stereocenters. The van der Waals surface area contributed by atoms with Crippen molar-refractivity contribution in [3.63, 3.8) is 0 Å². The van der Waals surface area contributed by atoms with Gasteiger partial charge in [0.15, 0.2) is 0 Å². The molecule has 0 aromatic heterocycles. The van der Waals surface area contributed by atoms with Crippen LogP contribution < -0.4 is 0 Å². The van der Waals surface area contributed by atoms with Gasteiger partial charge in [0.2, 0.25) is 0 Å². The molecule has 0 aliphatic rings. The van der Waals surface area contributed by atoms with E-state index in [0.29, 0.717) is 10.0 Å². The van der Waals surface area contributed by atoms with Crippen LogP contribution in [0.1, 0.15) is 45.4 Å². The molecule has 0 spiro atoms. The maximum atomic E-state index is 5.52. The van der Waals surface area contributed by atoms with E-state index in [-0.39, 0.29) is 0 Å². The Morgan fingerprint density at radius 2 is 1.93 bits per heavy atom. The molecule has 1 nitrogen and oxygen atoms in total. The number of ether oxygens (including phenoxy) is 1. The fraction of sp³-hybridized carbons (Fsp3) is 1.00. The number of hydrogen-bond donors (Lipinski definition) is 0. The summed E-state index contributed by atoms with van der Waals surface area (Å²) in [6.45, 7) is 2.25. The minimum atomic E-state index is 0.449. The smallest absolute Gasteiger partial charge is 0.0689 e. The molecule has 14 heavy (non-hydrogen) atoms. The molecule has 0 saturated heterocycles. The summed E-state index contributed by atoms with van der Waals surface area (Å²) < 4.78 is 6.20. The van der Waals surface area contributed by atoms with Crippen molar-refractivity contribution in [3.05, 3.63) is 0 Å². The molecule has 86 valence electrons. The predicted molar refractivity (Wildman–Crippen MR) is 75.8 cm³/mol. The van der Waals surface area contributed by atoms with Crippen molar-refractivity contribution < 1.29 is 4.74 Å². The van der Waals surface area contributed by atoms with Crippen LogP contribution in [0.3, 0.4) is 0 Å². The molecule has 0 radical (unpaired) electrons. The number of rotatable bonds is 9. The molecule has 0 heterocycles. The second-order valence-corrected chi connectivity index (χ2v) is 6.01. The first-order valence-electron chi connectivity index (χ1n) is 5.49. The van der Waals surface area contributed by atoms with E-state index in [2.05, 4.69) is 45.4 Å². The molecule has 0 aromatic rings. The van der Waals surface area contributed by atoms with Gasteiger partial charge in [-0.2, -0.15) is 0 Å². The van der Waals surface area contributed by atoms with Crippen LogP contribution in [0.25, 0.3) is 0 Å². The van der Waals surface area contributed by atoms with E-state index >= 15 is 0 Å². The lowest BCUT2D eigenvalue weighted by atomic mass is 10.1. The molecule has 0 bridgehead atoms. The van der Waals surface area contributed by atoms with Crippen LogP contribution in [-0.4, -0.2) is 22.5 Å². The molecule has 0 saturated carbocycles. The molecule has 0 aromatic carbocycles. The van der Waals surface area contributed by atoms with E-state index in [1.54, 1.807) is 0 Å². The largest absolute Gasteiger partial charge is 0.380 e. The number of methoxy groups -OCH3 is 1. The molecule has 3 heteroatoms. The standard InChI is InChI=1S/C11H22BrIO/c1-3-4-5-7-10(13)11(14-2)8-6-9-12/h10-11H,3-9H2,1-2H3/t10-,11-/m1/s1. The Morgan fingerprint density at radius 3 is 2.43 bits per heavy atom. The summed E-state index contributed by atoms with van der Waals surface area (Å²) in [6.07, 6.45) is 8.15. The summed E-state index contributed by atoms with van der Waals surface area (Å²) in [5, 5.41) is 1.09. The van der Waals surface area contributed by atoms with Crippen LogP contribution >= 0.6 is 38.5 Å². The Morgan fingerprint density at radius 1 is 1.21 bits per heavy atom. The minimum absolute atomic E-state index is 0.449. The summed E-state index contributed by atoms with van der Waals surface area (Å²) in [7, 11) is 1.84. The third kappa shape index (κ3) is 7.46. The van der Waals surface area contributed by atoms with Gasteiger partial charge in [-0.15, -0.1) is 0 Å². The van der Waals surface area contributed by atoms with Crippen LogP contribution in [-0.2, 0) is 4.74 Å². The van der Waals surface area contributed by atoms with E-state index in [0.717, 1.165) is 5.33 Å². The second-order valence-electron chi connectivity index (χ2n) is 3.62. The van der Waals surface area contributed by atoms with Crippen molar-refractivity contribution in [1.29, 1.82) is 0 Å². The fourth-order valence-corrected chi connectivity index (χ4v) is 2.92. The van der Waals surface area contributed by atoms with Crippen molar-refractivity contribution in [2.75, 3.05) is 12.4 Å². The Labute approximate surface area is 111 Å². The number of hydrogen-bond acceptors (Lipinski definition) is 1. The Kier molecular flexibility index (Phi) is 11.6. The Balaban J connectivity index is 3.61. The molecular weight excluding hydrogens is 355 g/mol. The molecule has 0 fully saturated rings. The van der Waals surface area contributed by atoms with Gasteiger partial charge in [0, 0.05) is 16.4 Å². The predicted octanol–water partition coefficient (Wildman–Crippen LogP) is 4.56. The van der Waals surface area contributed by atoms with Gasteiger partial charge in [0.25, 0.3) is 0 Å². The first-order valence-corrected chi connectivity index (χ1v) is 7.85. The van der Waals surface area contributed by atoms with Gasteiger partial charge in [-0.25, -0.2) is 0 Å². The number of alkyl halides is 2. The lowest BCUT2D eigenvalue weighted by molar-refractivity contribution is 0.0940. The van der Waals surface area contributed by atoms with Crippen LogP contribution in [0.5, 0.6) is 0 Å². The van der Waals surface area contributed by atoms with E-state index in [9.17, 15) is 0 Å². The monoisotopic (exact) mass is 376 g/mol. The summed E-state index contributed by atoms with van der Waals surface area (Å²) in [6, 6.07) is 0. The van der Waals surface area contributed by atoms with E-state index < -0.39 is 0 Å². The molecule has 0 rings (SSSR count). The van der Waals surface area contributed by atoms with Gasteiger partial charge >= 0.3 is 0 Å². The van der Waals surface area contributed by atoms with Gasteiger partial charge in [-0.1, -0.05) is 64.7 Å². The third-order valence-electron chi connectivity index (χ3n) is 2.41. The highest BCUT2D eigenvalue weighted by molar-refractivity contribution is 14.1. The van der Waals surface area contributed by atoms with E-state index in [1.165, 1.54) is 38.5 Å². The van der Waals surface area contributed by atoms with Crippen molar-refractivity contribution in [1.82, 2.24) is 0 Å². The maximum Gasteiger partial charge on any atom is 0.0689 e. The highest BCUT2D eigenvalue weighted by Gasteiger charge is 2.16. The molecular formula is C11H22BrIO. The normalized spacial score (nSPS) is 15.4. The summed E-state index contributed by atoms with van der Waals surface area (Å²) in [5.41, 5.74) is 0. The zero-order valence-electron chi connectivity index (χ0n) is 9.27. The Bertz CT molecular complexity index is 122. The van der Waals surface area contributed by atoms with Crippen molar-refractivity contribution in [2.24, 2.45) is 0 Å². The zero-order valence-corrected chi connectivity index (χ0v) is 13.0. The number of halogens is 2. The summed E-state index contributed by atoms with van der Waals surface area (Å²) >= 11 is 6.00. The second kappa shape index (κ2) is 10.7. The molecule has 0 aliphatic heterocycles. The van der Waals surface area contributed by atoms with Gasteiger partial charge < -0.3 is 4.74 Å². The molecule has 0 aliphatic carbocycles. The van der Waals surface area contributed by atoms with E-state index in [4.69, 9.17) is 4.74 Å². The summed E-state index contributed by atoms with van der Waals surface area (Å²) in [4.78, 5) is 0. The first-order chi connectivity index (χ1) is 6.76. The van der Waals surface area contributed by atoms with Crippen LogP contribution in [0.2, 0.25) is 0 Å². The molecule has 0 amide bonds. The van der Waals surface area contributed by atoms with Crippen LogP contribution in [0.4, 0.5) is 0 Å². The molecule has 0 N–H and O–H groups in total. The Hall–Kier alpha value is 1.17. The first kappa shape index (κ1) is 15.2. The highest BCUT2D eigenvalue weighted by Crippen LogP contribution is 2.21. The topological polar surface area (TPSA) is 9.23 Å². The lowest BCUT2D eigenvalue weighted by Crippen LogP contribution is -2.23. The average Bonchev–Trinajstić information content (AvgIpc) is 2.19. The van der Waals surface area contributed by atoms with Gasteiger partial charge in [0.05, 0.1) is 6.10 Å². The van der Waals surface area contributed by atoms with Crippen molar-refractivity contribution in [2.45, 2.75) is 55.5 Å². The quantitative estimate of drug-likeness (QED) is 0.325. The summed E-state index contributed by atoms with van der Waals surface area (Å²) in [5.74, 6) is 0. The third-order valence-corrected chi connectivity index (χ3v) is 4.40. The van der Waals surface area contributed by atoms with Gasteiger partial charge in [0.1, 0.15) is 0 Å². The average molecular weight is 377 g/mol. The zero-order chi connectivity index (χ0) is 10.8. The maximum absolute atomic E-state index is 5.52. The van der Waals surface area contributed by atoms with Crippen molar-refractivity contribution in [3.8, 4) is 0 Å². The van der Waals surface area contributed by atoms with Crippen LogP contribution in [0.15, 0.2) is 0 Å². The highest BCUT2D eigenvalue weighted by atomic mass is 127. The van der Waals surface area contributed by atoms with Crippen LogP contribution in [0, 0.1) is 0 Å². The minimum Gasteiger partial charge on any atom is -0.380 e. The SMILES string of the molecule is CCCCC[C@@H](I)[C@@H](CCCBr)OC. The van der Waals surface area contributed by atoms with Crippen molar-refractivity contribution >= 4 is 38.5 Å².